The van der Waals surface area contributed by atoms with E-state index < -0.39 is 9.84 Å². The minimum atomic E-state index is -2.87. The summed E-state index contributed by atoms with van der Waals surface area (Å²) in [5, 5.41) is 3.44. The molecule has 3 atom stereocenters. The highest BCUT2D eigenvalue weighted by atomic mass is 32.2. The fraction of sp³-hybridized carbons (Fsp3) is 1.00. The lowest BCUT2D eigenvalue weighted by molar-refractivity contribution is 0.381. The van der Waals surface area contributed by atoms with Gasteiger partial charge in [0, 0.05) is 6.04 Å². The Balaban J connectivity index is 2.35. The largest absolute Gasteiger partial charge is 0.314 e. The minimum Gasteiger partial charge on any atom is -0.314 e. The van der Waals surface area contributed by atoms with Crippen molar-refractivity contribution in [2.45, 2.75) is 83.4 Å². The van der Waals surface area contributed by atoms with E-state index in [0.717, 1.165) is 51.5 Å². The van der Waals surface area contributed by atoms with Gasteiger partial charge in [-0.25, -0.2) is 8.42 Å². The summed E-state index contributed by atoms with van der Waals surface area (Å²) in [5.74, 6) is 0.965. The van der Waals surface area contributed by atoms with Crippen molar-refractivity contribution in [3.63, 3.8) is 0 Å². The molecule has 1 N–H and O–H groups in total. The molecule has 3 nitrogen and oxygen atoms in total. The fourth-order valence-corrected chi connectivity index (χ4v) is 5.25. The van der Waals surface area contributed by atoms with Crippen molar-refractivity contribution in [1.82, 2.24) is 5.32 Å². The van der Waals surface area contributed by atoms with Crippen LogP contribution in [0.25, 0.3) is 0 Å². The first-order chi connectivity index (χ1) is 9.49. The Kier molecular flexibility index (Phi) is 8.11. The maximum Gasteiger partial charge on any atom is 0.153 e. The summed E-state index contributed by atoms with van der Waals surface area (Å²) in [6.07, 6.45) is 8.06. The van der Waals surface area contributed by atoms with Crippen LogP contribution in [0.2, 0.25) is 0 Å². The standard InChI is InChI=1S/C16H33NO2S/c1-4-11-17-15(5-2)9-7-12-20(18,19)16-10-6-8-14(3)13-16/h14-17H,4-13H2,1-3H3. The van der Waals surface area contributed by atoms with E-state index in [9.17, 15) is 8.42 Å². The van der Waals surface area contributed by atoms with Gasteiger partial charge in [-0.1, -0.05) is 33.6 Å². The van der Waals surface area contributed by atoms with Crippen LogP contribution in [-0.4, -0.2) is 32.0 Å². The zero-order valence-corrected chi connectivity index (χ0v) is 14.3. The highest BCUT2D eigenvalue weighted by Crippen LogP contribution is 2.29. The molecule has 0 heterocycles. The molecular weight excluding hydrogens is 270 g/mol. The molecule has 0 saturated heterocycles. The minimum absolute atomic E-state index is 0.0603. The molecule has 0 aromatic carbocycles. The van der Waals surface area contributed by atoms with Crippen LogP contribution in [0.5, 0.6) is 0 Å². The molecule has 0 aromatic rings. The van der Waals surface area contributed by atoms with Crippen molar-refractivity contribution < 1.29 is 8.42 Å². The molecule has 1 aliphatic rings. The number of rotatable bonds is 9. The quantitative estimate of drug-likeness (QED) is 0.708. The molecule has 1 saturated carbocycles. The zero-order chi connectivity index (χ0) is 15.0. The van der Waals surface area contributed by atoms with Crippen molar-refractivity contribution in [3.05, 3.63) is 0 Å². The maximum atomic E-state index is 12.4. The van der Waals surface area contributed by atoms with Gasteiger partial charge in [0.2, 0.25) is 0 Å². The summed E-state index contributed by atoms with van der Waals surface area (Å²) >= 11 is 0. The third-order valence-electron chi connectivity index (χ3n) is 4.55. The molecule has 0 amide bonds. The molecule has 1 aliphatic carbocycles. The molecule has 0 spiro atoms. The predicted molar refractivity (Wildman–Crippen MR) is 86.8 cm³/mol. The van der Waals surface area contributed by atoms with E-state index in [-0.39, 0.29) is 5.25 Å². The molecule has 3 unspecified atom stereocenters. The van der Waals surface area contributed by atoms with Gasteiger partial charge in [-0.2, -0.15) is 0 Å². The molecule has 1 rings (SSSR count). The summed E-state index contributed by atoms with van der Waals surface area (Å²) in [6.45, 7) is 7.55. The van der Waals surface area contributed by atoms with Crippen LogP contribution in [0.4, 0.5) is 0 Å². The lowest BCUT2D eigenvalue weighted by Gasteiger charge is -2.26. The molecule has 120 valence electrons. The van der Waals surface area contributed by atoms with Gasteiger partial charge in [-0.05, 0) is 51.0 Å². The lowest BCUT2D eigenvalue weighted by atomic mass is 9.91. The van der Waals surface area contributed by atoms with Gasteiger partial charge in [-0.3, -0.25) is 0 Å². The van der Waals surface area contributed by atoms with Crippen LogP contribution in [0.1, 0.15) is 72.1 Å². The topological polar surface area (TPSA) is 46.2 Å². The Bertz CT molecular complexity index is 353. The first-order valence-corrected chi connectivity index (χ1v) is 10.2. The Morgan fingerprint density at radius 2 is 2.00 bits per heavy atom. The second kappa shape index (κ2) is 9.04. The Hall–Kier alpha value is -0.0900. The van der Waals surface area contributed by atoms with Crippen molar-refractivity contribution in [2.75, 3.05) is 12.3 Å². The van der Waals surface area contributed by atoms with Gasteiger partial charge in [0.15, 0.2) is 9.84 Å². The van der Waals surface area contributed by atoms with Gasteiger partial charge in [0.25, 0.3) is 0 Å². The number of hydrogen-bond acceptors (Lipinski definition) is 3. The Morgan fingerprint density at radius 1 is 1.25 bits per heavy atom. The van der Waals surface area contributed by atoms with Gasteiger partial charge in [-0.15, -0.1) is 0 Å². The highest BCUT2D eigenvalue weighted by Gasteiger charge is 2.29. The molecule has 0 bridgehead atoms. The van der Waals surface area contributed by atoms with Crippen molar-refractivity contribution in [1.29, 1.82) is 0 Å². The number of hydrogen-bond donors (Lipinski definition) is 1. The van der Waals surface area contributed by atoms with Crippen molar-refractivity contribution in [3.8, 4) is 0 Å². The van der Waals surface area contributed by atoms with Gasteiger partial charge >= 0.3 is 0 Å². The molecule has 0 radical (unpaired) electrons. The summed E-state index contributed by atoms with van der Waals surface area (Å²) in [5.41, 5.74) is 0. The molecular formula is C16H33NO2S. The predicted octanol–water partition coefficient (Wildman–Crippen LogP) is 3.54. The van der Waals surface area contributed by atoms with Gasteiger partial charge in [0.1, 0.15) is 0 Å². The number of sulfone groups is 1. The summed E-state index contributed by atoms with van der Waals surface area (Å²) in [6, 6.07) is 0.482. The van der Waals surface area contributed by atoms with Crippen LogP contribution in [0.3, 0.4) is 0 Å². The van der Waals surface area contributed by atoms with Crippen LogP contribution in [0.15, 0.2) is 0 Å². The second-order valence-electron chi connectivity index (χ2n) is 6.46. The normalized spacial score (nSPS) is 25.6. The maximum absolute atomic E-state index is 12.4. The second-order valence-corrected chi connectivity index (χ2v) is 8.86. The third kappa shape index (κ3) is 6.13. The zero-order valence-electron chi connectivity index (χ0n) is 13.5. The third-order valence-corrected chi connectivity index (χ3v) is 6.86. The fourth-order valence-electron chi connectivity index (χ4n) is 3.20. The first-order valence-electron chi connectivity index (χ1n) is 8.44. The summed E-state index contributed by atoms with van der Waals surface area (Å²) in [7, 11) is -2.87. The molecule has 0 aliphatic heterocycles. The smallest absolute Gasteiger partial charge is 0.153 e. The van der Waals surface area contributed by atoms with Gasteiger partial charge < -0.3 is 5.32 Å². The molecule has 0 aromatic heterocycles. The van der Waals surface area contributed by atoms with E-state index >= 15 is 0 Å². The Labute approximate surface area is 125 Å². The van der Waals surface area contributed by atoms with Crippen LogP contribution < -0.4 is 5.32 Å². The van der Waals surface area contributed by atoms with E-state index in [4.69, 9.17) is 0 Å². The van der Waals surface area contributed by atoms with Crippen molar-refractivity contribution >= 4 is 9.84 Å². The average molecular weight is 304 g/mol. The van der Waals surface area contributed by atoms with Gasteiger partial charge in [0.05, 0.1) is 11.0 Å². The number of nitrogens with one attached hydrogen (secondary N) is 1. The highest BCUT2D eigenvalue weighted by molar-refractivity contribution is 7.92. The van der Waals surface area contributed by atoms with E-state index in [2.05, 4.69) is 26.1 Å². The molecule has 4 heteroatoms. The van der Waals surface area contributed by atoms with Crippen LogP contribution in [0, 0.1) is 5.92 Å². The SMILES string of the molecule is CCCNC(CC)CCCS(=O)(=O)C1CCCC(C)C1. The van der Waals surface area contributed by atoms with E-state index in [1.165, 1.54) is 6.42 Å². The lowest BCUT2D eigenvalue weighted by Crippen LogP contribution is -2.32. The average Bonchev–Trinajstić information content (AvgIpc) is 2.42. The first kappa shape index (κ1) is 18.0. The summed E-state index contributed by atoms with van der Waals surface area (Å²) < 4.78 is 24.8. The Morgan fingerprint density at radius 3 is 2.60 bits per heavy atom. The summed E-state index contributed by atoms with van der Waals surface area (Å²) in [4.78, 5) is 0. The molecule has 1 fully saturated rings. The van der Waals surface area contributed by atoms with E-state index in [1.54, 1.807) is 0 Å². The van der Waals surface area contributed by atoms with Crippen molar-refractivity contribution in [2.24, 2.45) is 5.92 Å². The van der Waals surface area contributed by atoms with E-state index in [0.29, 0.717) is 17.7 Å². The van der Waals surface area contributed by atoms with E-state index in [1.807, 2.05) is 0 Å². The monoisotopic (exact) mass is 303 g/mol. The van der Waals surface area contributed by atoms with Crippen LogP contribution in [-0.2, 0) is 9.84 Å². The van der Waals surface area contributed by atoms with Crippen LogP contribution >= 0.6 is 0 Å². The molecule has 20 heavy (non-hydrogen) atoms.